The Morgan fingerprint density at radius 3 is 2.35 bits per heavy atom. The average Bonchev–Trinajstić information content (AvgIpc) is 3.06. The number of aromatic nitrogens is 2. The van der Waals surface area contributed by atoms with Crippen LogP contribution in [0.3, 0.4) is 0 Å². The number of nitriles is 1. The topological polar surface area (TPSA) is 41.6 Å². The molecule has 0 saturated carbocycles. The van der Waals surface area contributed by atoms with E-state index >= 15 is 0 Å². The van der Waals surface area contributed by atoms with Gasteiger partial charge in [0.2, 0.25) is 0 Å². The maximum Gasteiger partial charge on any atom is 0.111 e. The van der Waals surface area contributed by atoms with Crippen LogP contribution in [-0.4, -0.2) is 9.78 Å². The van der Waals surface area contributed by atoms with E-state index in [4.69, 9.17) is 0 Å². The summed E-state index contributed by atoms with van der Waals surface area (Å²) in [6.45, 7) is 0. The van der Waals surface area contributed by atoms with Crippen LogP contribution in [-0.2, 0) is 0 Å². The van der Waals surface area contributed by atoms with Gasteiger partial charge in [-0.05, 0) is 29.0 Å². The van der Waals surface area contributed by atoms with Crippen LogP contribution in [0.15, 0.2) is 79.0 Å². The van der Waals surface area contributed by atoms with Gasteiger partial charge in [0, 0.05) is 11.8 Å². The van der Waals surface area contributed by atoms with Crippen molar-refractivity contribution in [1.29, 1.82) is 5.26 Å². The lowest BCUT2D eigenvalue weighted by Crippen LogP contribution is -1.94. The Balaban J connectivity index is 1.87. The molecule has 0 fully saturated rings. The Kier molecular flexibility index (Phi) is 3.14. The quantitative estimate of drug-likeness (QED) is 0.544. The highest BCUT2D eigenvalue weighted by Crippen LogP contribution is 2.26. The predicted molar refractivity (Wildman–Crippen MR) is 91.2 cm³/mol. The lowest BCUT2D eigenvalue weighted by atomic mass is 10.0. The van der Waals surface area contributed by atoms with Crippen LogP contribution in [0.1, 0.15) is 5.56 Å². The maximum absolute atomic E-state index is 9.45. The summed E-state index contributed by atoms with van der Waals surface area (Å²) < 4.78 is 1.75. The highest BCUT2D eigenvalue weighted by molar-refractivity contribution is 5.87. The van der Waals surface area contributed by atoms with E-state index < -0.39 is 0 Å². The normalized spacial score (nSPS) is 10.6. The van der Waals surface area contributed by atoms with E-state index in [1.54, 1.807) is 10.9 Å². The molecule has 4 rings (SSSR count). The third-order valence-electron chi connectivity index (χ3n) is 3.88. The first-order chi connectivity index (χ1) is 11.3. The summed E-state index contributed by atoms with van der Waals surface area (Å²) in [7, 11) is 0. The van der Waals surface area contributed by atoms with Crippen molar-refractivity contribution in [2.45, 2.75) is 0 Å². The first-order valence-corrected chi connectivity index (χ1v) is 7.39. The van der Waals surface area contributed by atoms with E-state index in [1.807, 2.05) is 48.5 Å². The molecular formula is C20H13N3. The molecule has 3 heteroatoms. The molecule has 1 aromatic heterocycles. The van der Waals surface area contributed by atoms with Crippen LogP contribution >= 0.6 is 0 Å². The van der Waals surface area contributed by atoms with Gasteiger partial charge in [0.05, 0.1) is 11.3 Å². The van der Waals surface area contributed by atoms with E-state index in [0.29, 0.717) is 11.3 Å². The van der Waals surface area contributed by atoms with E-state index in [0.717, 1.165) is 16.6 Å². The summed E-state index contributed by atoms with van der Waals surface area (Å²) in [5, 5.41) is 16.4. The molecule has 0 saturated heterocycles. The Labute approximate surface area is 134 Å². The average molecular weight is 295 g/mol. The van der Waals surface area contributed by atoms with E-state index in [2.05, 4.69) is 35.4 Å². The Morgan fingerprint density at radius 1 is 0.826 bits per heavy atom. The summed E-state index contributed by atoms with van der Waals surface area (Å²) in [6.07, 6.45) is 1.78. The van der Waals surface area contributed by atoms with Crippen LogP contribution in [0, 0.1) is 11.3 Å². The van der Waals surface area contributed by atoms with Crippen molar-refractivity contribution in [3.63, 3.8) is 0 Å². The van der Waals surface area contributed by atoms with Crippen LogP contribution < -0.4 is 0 Å². The number of hydrogen-bond donors (Lipinski definition) is 0. The highest BCUT2D eigenvalue weighted by Gasteiger charge is 2.12. The molecule has 3 nitrogen and oxygen atoms in total. The molecule has 0 spiro atoms. The van der Waals surface area contributed by atoms with Crippen LogP contribution in [0.2, 0.25) is 0 Å². The largest absolute Gasteiger partial charge is 0.239 e. The first-order valence-electron chi connectivity index (χ1n) is 7.39. The monoisotopic (exact) mass is 295 g/mol. The third kappa shape index (κ3) is 2.37. The van der Waals surface area contributed by atoms with Crippen molar-refractivity contribution < 1.29 is 0 Å². The predicted octanol–water partition coefficient (Wildman–Crippen LogP) is 4.56. The summed E-state index contributed by atoms with van der Waals surface area (Å²) in [5.41, 5.74) is 3.18. The Morgan fingerprint density at radius 2 is 1.57 bits per heavy atom. The lowest BCUT2D eigenvalue weighted by molar-refractivity contribution is 0.884. The Hall–Kier alpha value is -3.38. The number of fused-ring (bicyclic) bond motifs is 1. The second-order valence-corrected chi connectivity index (χ2v) is 5.35. The minimum atomic E-state index is 0.573. The van der Waals surface area contributed by atoms with Gasteiger partial charge >= 0.3 is 0 Å². The molecule has 4 aromatic rings. The van der Waals surface area contributed by atoms with Gasteiger partial charge in [-0.1, -0.05) is 54.6 Å². The van der Waals surface area contributed by atoms with Gasteiger partial charge in [-0.15, -0.1) is 0 Å². The fourth-order valence-corrected chi connectivity index (χ4v) is 2.72. The van der Waals surface area contributed by atoms with Crippen LogP contribution in [0.4, 0.5) is 0 Å². The number of hydrogen-bond acceptors (Lipinski definition) is 2. The highest BCUT2D eigenvalue weighted by atomic mass is 15.3. The van der Waals surface area contributed by atoms with E-state index in [-0.39, 0.29) is 0 Å². The molecule has 0 radical (unpaired) electrons. The second kappa shape index (κ2) is 5.43. The number of nitrogens with zero attached hydrogens (tertiary/aromatic N) is 3. The zero-order valence-corrected chi connectivity index (χ0v) is 12.3. The third-order valence-corrected chi connectivity index (χ3v) is 3.88. The standard InChI is InChI=1S/C20H13N3/c21-13-18-14-23(19-8-2-1-3-9-19)22-20(18)17-11-10-15-6-4-5-7-16(15)12-17/h1-12,14H. The molecule has 0 bridgehead atoms. The number of benzene rings is 3. The number of para-hydroxylation sites is 1. The van der Waals surface area contributed by atoms with E-state index in [1.165, 1.54) is 5.39 Å². The van der Waals surface area contributed by atoms with Crippen molar-refractivity contribution in [1.82, 2.24) is 9.78 Å². The van der Waals surface area contributed by atoms with Crippen LogP contribution in [0.25, 0.3) is 27.7 Å². The Bertz CT molecular complexity index is 1020. The van der Waals surface area contributed by atoms with E-state index in [9.17, 15) is 5.26 Å². The fourth-order valence-electron chi connectivity index (χ4n) is 2.72. The molecule has 0 amide bonds. The van der Waals surface area contributed by atoms with Crippen molar-refractivity contribution in [3.05, 3.63) is 84.6 Å². The van der Waals surface area contributed by atoms with Gasteiger partial charge in [-0.25, -0.2) is 4.68 Å². The molecule has 23 heavy (non-hydrogen) atoms. The first kappa shape index (κ1) is 13.3. The minimum absolute atomic E-state index is 0.573. The van der Waals surface area contributed by atoms with Gasteiger partial charge in [0.1, 0.15) is 11.8 Å². The molecule has 0 aliphatic carbocycles. The van der Waals surface area contributed by atoms with Gasteiger partial charge in [0.25, 0.3) is 0 Å². The molecule has 0 atom stereocenters. The zero-order chi connectivity index (χ0) is 15.6. The molecule has 108 valence electrons. The van der Waals surface area contributed by atoms with Gasteiger partial charge in [0.15, 0.2) is 0 Å². The lowest BCUT2D eigenvalue weighted by Gasteiger charge is -2.02. The minimum Gasteiger partial charge on any atom is -0.239 e. The molecule has 1 heterocycles. The van der Waals surface area contributed by atoms with Crippen LogP contribution in [0.5, 0.6) is 0 Å². The van der Waals surface area contributed by atoms with Gasteiger partial charge < -0.3 is 0 Å². The molecule has 0 aliphatic heterocycles. The fraction of sp³-hybridized carbons (Fsp3) is 0. The van der Waals surface area contributed by atoms with Crippen molar-refractivity contribution in [3.8, 4) is 23.0 Å². The molecule has 0 unspecified atom stereocenters. The summed E-state index contributed by atoms with van der Waals surface area (Å²) >= 11 is 0. The second-order valence-electron chi connectivity index (χ2n) is 5.35. The van der Waals surface area contributed by atoms with Gasteiger partial charge in [-0.2, -0.15) is 10.4 Å². The summed E-state index contributed by atoms with van der Waals surface area (Å²) in [6, 6.07) is 26.4. The molecular weight excluding hydrogens is 282 g/mol. The molecule has 0 aliphatic rings. The zero-order valence-electron chi connectivity index (χ0n) is 12.3. The van der Waals surface area contributed by atoms with Crippen molar-refractivity contribution in [2.75, 3.05) is 0 Å². The van der Waals surface area contributed by atoms with Crippen molar-refractivity contribution in [2.24, 2.45) is 0 Å². The molecule has 3 aromatic carbocycles. The molecule has 0 N–H and O–H groups in total. The van der Waals surface area contributed by atoms with Gasteiger partial charge in [-0.3, -0.25) is 0 Å². The van der Waals surface area contributed by atoms with Crippen molar-refractivity contribution >= 4 is 10.8 Å². The summed E-state index contributed by atoms with van der Waals surface area (Å²) in [5.74, 6) is 0. The SMILES string of the molecule is N#Cc1cn(-c2ccccc2)nc1-c1ccc2ccccc2c1. The maximum atomic E-state index is 9.45. The smallest absolute Gasteiger partial charge is 0.111 e. The summed E-state index contributed by atoms with van der Waals surface area (Å²) in [4.78, 5) is 0. The number of rotatable bonds is 2.